The molecule has 1 aliphatic rings. The number of carbonyl (C=O) groups excluding carboxylic acids is 2. The molecule has 1 aromatic rings. The van der Waals surface area contributed by atoms with Gasteiger partial charge in [-0.15, -0.1) is 0 Å². The molecule has 106 valence electrons. The second-order valence-electron chi connectivity index (χ2n) is 4.49. The van der Waals surface area contributed by atoms with Gasteiger partial charge in [0, 0.05) is 25.3 Å². The highest BCUT2D eigenvalue weighted by Gasteiger charge is 2.30. The summed E-state index contributed by atoms with van der Waals surface area (Å²) in [4.78, 5) is 22.9. The summed E-state index contributed by atoms with van der Waals surface area (Å²) in [7, 11) is -3.62. The average molecular weight is 294 g/mol. The first kappa shape index (κ1) is 14.5. The maximum absolute atomic E-state index is 12.2. The monoisotopic (exact) mass is 294 g/mol. The lowest BCUT2D eigenvalue weighted by Crippen LogP contribution is -2.14. The van der Waals surface area contributed by atoms with E-state index in [1.807, 2.05) is 0 Å². The molecule has 0 saturated heterocycles. The molecule has 1 aromatic carbocycles. The Labute approximate surface area is 117 Å². The summed E-state index contributed by atoms with van der Waals surface area (Å²) in [6.45, 7) is 1.22. The van der Waals surface area contributed by atoms with Crippen LogP contribution in [-0.2, 0) is 24.2 Å². The van der Waals surface area contributed by atoms with E-state index >= 15 is 0 Å². The van der Waals surface area contributed by atoms with E-state index in [4.69, 9.17) is 4.74 Å². The molecule has 0 fully saturated rings. The third kappa shape index (κ3) is 3.14. The Morgan fingerprint density at radius 2 is 1.85 bits per heavy atom. The summed E-state index contributed by atoms with van der Waals surface area (Å²) in [5.74, 6) is -1.08. The van der Waals surface area contributed by atoms with Crippen LogP contribution in [-0.4, -0.2) is 25.9 Å². The molecule has 0 aromatic heterocycles. The zero-order valence-corrected chi connectivity index (χ0v) is 11.8. The molecule has 0 atom stereocenters. The molecule has 0 aliphatic heterocycles. The highest BCUT2D eigenvalue weighted by Crippen LogP contribution is 2.27. The minimum Gasteiger partial charge on any atom is -0.431 e. The van der Waals surface area contributed by atoms with E-state index in [-0.39, 0.29) is 34.9 Å². The van der Waals surface area contributed by atoms with Crippen LogP contribution in [0.15, 0.2) is 46.6 Å². The molecule has 5 nitrogen and oxygen atoms in total. The predicted octanol–water partition coefficient (Wildman–Crippen LogP) is 1.64. The maximum Gasteiger partial charge on any atom is 0.307 e. The molecule has 0 saturated carbocycles. The van der Waals surface area contributed by atoms with Crippen LogP contribution < -0.4 is 0 Å². The van der Waals surface area contributed by atoms with Gasteiger partial charge in [-0.3, -0.25) is 9.59 Å². The summed E-state index contributed by atoms with van der Waals surface area (Å²) >= 11 is 0. The highest BCUT2D eigenvalue weighted by atomic mass is 32.2. The van der Waals surface area contributed by atoms with Crippen LogP contribution in [0.3, 0.4) is 0 Å². The van der Waals surface area contributed by atoms with Gasteiger partial charge in [-0.25, -0.2) is 8.42 Å². The van der Waals surface area contributed by atoms with Crippen molar-refractivity contribution in [2.45, 2.75) is 24.7 Å². The van der Waals surface area contributed by atoms with Crippen LogP contribution in [0.4, 0.5) is 0 Å². The van der Waals surface area contributed by atoms with Gasteiger partial charge in [0.05, 0.1) is 10.6 Å². The number of hydrogen-bond acceptors (Lipinski definition) is 5. The van der Waals surface area contributed by atoms with Crippen molar-refractivity contribution < 1.29 is 22.7 Å². The van der Waals surface area contributed by atoms with Crippen molar-refractivity contribution in [1.82, 2.24) is 0 Å². The number of benzene rings is 1. The van der Waals surface area contributed by atoms with Gasteiger partial charge in [0.2, 0.25) is 0 Å². The Balaban J connectivity index is 2.32. The Hall–Kier alpha value is -1.95. The molecule has 0 amide bonds. The Morgan fingerprint density at radius 3 is 2.45 bits per heavy atom. The normalized spacial score (nSPS) is 15.6. The zero-order valence-electron chi connectivity index (χ0n) is 11.0. The van der Waals surface area contributed by atoms with Gasteiger partial charge in [0.25, 0.3) is 0 Å². The first-order valence-corrected chi connectivity index (χ1v) is 7.77. The number of hydrogen-bond donors (Lipinski definition) is 0. The number of rotatable bonds is 4. The van der Waals surface area contributed by atoms with Crippen molar-refractivity contribution >= 4 is 21.6 Å². The van der Waals surface area contributed by atoms with E-state index in [0.717, 1.165) is 0 Å². The molecule has 0 bridgehead atoms. The van der Waals surface area contributed by atoms with Gasteiger partial charge in [-0.05, 0) is 12.1 Å². The quantitative estimate of drug-likeness (QED) is 0.789. The fraction of sp³-hybridized carbons (Fsp3) is 0.286. The lowest BCUT2D eigenvalue weighted by Gasteiger charge is -2.07. The van der Waals surface area contributed by atoms with Gasteiger partial charge in [-0.2, -0.15) is 0 Å². The summed E-state index contributed by atoms with van der Waals surface area (Å²) in [6.07, 6.45) is 0.459. The Kier molecular flexibility index (Phi) is 4.04. The van der Waals surface area contributed by atoms with Crippen molar-refractivity contribution in [3.8, 4) is 0 Å². The summed E-state index contributed by atoms with van der Waals surface area (Å²) < 4.78 is 29.4. The lowest BCUT2D eigenvalue weighted by atomic mass is 10.2. The molecule has 0 radical (unpaired) electrons. The third-order valence-corrected chi connectivity index (χ3v) is 4.62. The molecule has 6 heteroatoms. The number of allylic oxidation sites excluding steroid dienone is 1. The molecule has 0 spiro atoms. The molecule has 2 rings (SSSR count). The fourth-order valence-corrected chi connectivity index (χ4v) is 3.47. The van der Waals surface area contributed by atoms with Crippen LogP contribution in [0.1, 0.15) is 19.8 Å². The maximum atomic E-state index is 12.2. The average Bonchev–Trinajstić information content (AvgIpc) is 2.71. The second-order valence-corrected chi connectivity index (χ2v) is 6.48. The smallest absolute Gasteiger partial charge is 0.307 e. The van der Waals surface area contributed by atoms with E-state index in [1.165, 1.54) is 19.1 Å². The van der Waals surface area contributed by atoms with E-state index in [1.54, 1.807) is 18.2 Å². The number of ether oxygens (including phenoxy) is 1. The van der Waals surface area contributed by atoms with Gasteiger partial charge in [0.15, 0.2) is 15.6 Å². The highest BCUT2D eigenvalue weighted by molar-refractivity contribution is 7.91. The standard InChI is InChI=1S/C14H14O5S/c1-10(15)19-14-8-7-13(16)12(14)9-20(17,18)11-5-3-2-4-6-11/h2-6H,7-9H2,1H3. The van der Waals surface area contributed by atoms with Crippen LogP contribution in [0, 0.1) is 0 Å². The van der Waals surface area contributed by atoms with Crippen molar-refractivity contribution in [3.05, 3.63) is 41.7 Å². The minimum atomic E-state index is -3.62. The van der Waals surface area contributed by atoms with Crippen molar-refractivity contribution in [3.63, 3.8) is 0 Å². The van der Waals surface area contributed by atoms with Gasteiger partial charge >= 0.3 is 5.97 Å². The first-order chi connectivity index (χ1) is 9.40. The number of carbonyl (C=O) groups is 2. The SMILES string of the molecule is CC(=O)OC1=C(CS(=O)(=O)c2ccccc2)C(=O)CC1. The number of Topliss-reactive ketones (excluding diaryl/α,β-unsaturated/α-hetero) is 1. The largest absolute Gasteiger partial charge is 0.431 e. The molecule has 0 unspecified atom stereocenters. The first-order valence-electron chi connectivity index (χ1n) is 6.11. The van der Waals surface area contributed by atoms with E-state index in [2.05, 4.69) is 0 Å². The van der Waals surface area contributed by atoms with E-state index < -0.39 is 21.6 Å². The van der Waals surface area contributed by atoms with Crippen molar-refractivity contribution in [2.75, 3.05) is 5.75 Å². The molecule has 1 aliphatic carbocycles. The van der Waals surface area contributed by atoms with Gasteiger partial charge in [0.1, 0.15) is 5.76 Å². The van der Waals surface area contributed by atoms with Gasteiger partial charge in [-0.1, -0.05) is 18.2 Å². The second kappa shape index (κ2) is 5.58. The molecule has 0 heterocycles. The number of sulfone groups is 1. The van der Waals surface area contributed by atoms with Crippen LogP contribution >= 0.6 is 0 Å². The van der Waals surface area contributed by atoms with Gasteiger partial charge < -0.3 is 4.74 Å². The molecular formula is C14H14O5S. The summed E-state index contributed by atoms with van der Waals surface area (Å²) in [5, 5.41) is 0. The molecule has 20 heavy (non-hydrogen) atoms. The Morgan fingerprint density at radius 1 is 1.20 bits per heavy atom. The summed E-state index contributed by atoms with van der Waals surface area (Å²) in [6, 6.07) is 7.89. The van der Waals surface area contributed by atoms with Crippen LogP contribution in [0.25, 0.3) is 0 Å². The predicted molar refractivity (Wildman–Crippen MR) is 71.5 cm³/mol. The third-order valence-electron chi connectivity index (χ3n) is 2.96. The summed E-state index contributed by atoms with van der Waals surface area (Å²) in [5.41, 5.74) is 0.0871. The van der Waals surface area contributed by atoms with Crippen molar-refractivity contribution in [1.29, 1.82) is 0 Å². The number of esters is 1. The number of ketones is 1. The fourth-order valence-electron chi connectivity index (χ4n) is 2.03. The van der Waals surface area contributed by atoms with Crippen LogP contribution in [0.5, 0.6) is 0 Å². The van der Waals surface area contributed by atoms with Crippen molar-refractivity contribution in [2.24, 2.45) is 0 Å². The zero-order chi connectivity index (χ0) is 14.8. The molecular weight excluding hydrogens is 280 g/mol. The minimum absolute atomic E-state index is 0.0871. The van der Waals surface area contributed by atoms with E-state index in [9.17, 15) is 18.0 Å². The Bertz CT molecular complexity index is 671. The van der Waals surface area contributed by atoms with Crippen LogP contribution in [0.2, 0.25) is 0 Å². The van der Waals surface area contributed by atoms with E-state index in [0.29, 0.717) is 0 Å². The molecule has 0 N–H and O–H groups in total. The topological polar surface area (TPSA) is 77.5 Å². The lowest BCUT2D eigenvalue weighted by molar-refractivity contribution is -0.137.